The monoisotopic (exact) mass is 316 g/mol. The fourth-order valence-electron chi connectivity index (χ4n) is 1.49. The van der Waals surface area contributed by atoms with E-state index in [-0.39, 0.29) is 41.3 Å². The van der Waals surface area contributed by atoms with Gasteiger partial charge in [0, 0.05) is 0 Å². The van der Waals surface area contributed by atoms with Crippen LogP contribution in [0.5, 0.6) is 0 Å². The molecule has 0 spiro atoms. The second-order valence-electron chi connectivity index (χ2n) is 5.11. The summed E-state index contributed by atoms with van der Waals surface area (Å²) in [7, 11) is -1.08. The molecule has 1 rings (SSSR count). The molecule has 0 fully saturated rings. The van der Waals surface area contributed by atoms with Crippen LogP contribution in [0.3, 0.4) is 0 Å². The van der Waals surface area contributed by atoms with E-state index in [9.17, 15) is 0 Å². The Morgan fingerprint density at radius 2 is 1.81 bits per heavy atom. The van der Waals surface area contributed by atoms with Gasteiger partial charge in [-0.2, -0.15) is 0 Å². The molecule has 0 radical (unpaired) electrons. The van der Waals surface area contributed by atoms with E-state index in [0.717, 1.165) is 0 Å². The molecular formula is C11H21Cl2NSiV. The summed E-state index contributed by atoms with van der Waals surface area (Å²) in [5.74, 6) is 0. The minimum atomic E-state index is -1.08. The Labute approximate surface area is 121 Å². The zero-order valence-electron chi connectivity index (χ0n) is 10.6. The molecule has 0 amide bonds. The van der Waals surface area contributed by atoms with Crippen LogP contribution in [0.15, 0.2) is 21.6 Å². The molecule has 0 aromatic rings. The molecule has 93 valence electrons. The molecule has 0 aromatic heterocycles. The zero-order valence-corrected chi connectivity index (χ0v) is 14.6. The van der Waals surface area contributed by atoms with Crippen LogP contribution in [0.25, 0.3) is 0 Å². The molecule has 0 unspecified atom stereocenters. The van der Waals surface area contributed by atoms with Gasteiger partial charge in [0.25, 0.3) is 0 Å². The Balaban J connectivity index is 0. The van der Waals surface area contributed by atoms with Crippen molar-refractivity contribution in [2.45, 2.75) is 46.0 Å². The maximum absolute atomic E-state index is 3.61. The fourth-order valence-corrected chi connectivity index (χ4v) is 6.14. The van der Waals surface area contributed by atoms with Crippen LogP contribution >= 0.6 is 0 Å². The zero-order chi connectivity index (χ0) is 10.8. The van der Waals surface area contributed by atoms with Crippen molar-refractivity contribution in [1.29, 1.82) is 0 Å². The Bertz CT molecular complexity index is 270. The predicted octanol–water partition coefficient (Wildman–Crippen LogP) is -2.92. The maximum atomic E-state index is 3.61. The number of halogens is 2. The second-order valence-corrected chi connectivity index (χ2v) is 11.7. The van der Waals surface area contributed by atoms with Crippen LogP contribution in [0, 0.1) is 0 Å². The van der Waals surface area contributed by atoms with Crippen molar-refractivity contribution in [2.75, 3.05) is 0 Å². The van der Waals surface area contributed by atoms with Gasteiger partial charge in [0.15, 0.2) is 0 Å². The van der Waals surface area contributed by atoms with E-state index in [1.54, 1.807) is 9.48 Å². The van der Waals surface area contributed by atoms with Gasteiger partial charge in [-0.15, -0.1) is 0 Å². The first-order valence-corrected chi connectivity index (χ1v) is 10.2. The molecule has 0 aliphatic heterocycles. The van der Waals surface area contributed by atoms with Gasteiger partial charge in [-0.05, 0) is 0 Å². The van der Waals surface area contributed by atoms with E-state index >= 15 is 0 Å². The number of rotatable bonds is 4. The van der Waals surface area contributed by atoms with Gasteiger partial charge in [-0.25, -0.2) is 0 Å². The normalized spacial score (nSPS) is 14.6. The summed E-state index contributed by atoms with van der Waals surface area (Å²) in [5.41, 5.74) is 0. The second kappa shape index (κ2) is 8.02. The SMILES string of the molecule is CC(C)[NH][V+2][C]1=C([Si](C)(C)C)C=CC1.[Cl-].[Cl-]. The van der Waals surface area contributed by atoms with Gasteiger partial charge >= 0.3 is 96.3 Å². The molecule has 1 aliphatic carbocycles. The molecule has 0 saturated carbocycles. The van der Waals surface area contributed by atoms with Gasteiger partial charge < -0.3 is 24.8 Å². The van der Waals surface area contributed by atoms with E-state index in [1.807, 2.05) is 0 Å². The van der Waals surface area contributed by atoms with Crippen molar-refractivity contribution in [2.24, 2.45) is 0 Å². The van der Waals surface area contributed by atoms with Crippen LogP contribution < -0.4 is 29.0 Å². The first kappa shape index (κ1) is 19.2. The van der Waals surface area contributed by atoms with Gasteiger partial charge in [0.1, 0.15) is 0 Å². The first-order chi connectivity index (χ1) is 6.41. The Morgan fingerprint density at radius 1 is 1.25 bits per heavy atom. The Kier molecular flexibility index (Phi) is 9.60. The molecular weight excluding hydrogens is 296 g/mol. The summed E-state index contributed by atoms with van der Waals surface area (Å²) in [6, 6.07) is 0.631. The third-order valence-electron chi connectivity index (χ3n) is 2.17. The predicted molar refractivity (Wildman–Crippen MR) is 62.4 cm³/mol. The van der Waals surface area contributed by atoms with E-state index < -0.39 is 8.07 Å². The van der Waals surface area contributed by atoms with E-state index in [1.165, 1.54) is 6.42 Å². The average molecular weight is 317 g/mol. The topological polar surface area (TPSA) is 12.0 Å². The fraction of sp³-hybridized carbons (Fsp3) is 0.636. The molecule has 0 saturated heterocycles. The summed E-state index contributed by atoms with van der Waals surface area (Å²) in [5, 5.41) is 1.70. The van der Waals surface area contributed by atoms with Crippen molar-refractivity contribution < 1.29 is 41.3 Å². The number of allylic oxidation sites excluding steroid dienone is 4. The van der Waals surface area contributed by atoms with Crippen LogP contribution in [-0.2, 0) is 16.5 Å². The Morgan fingerprint density at radius 3 is 2.25 bits per heavy atom. The third-order valence-corrected chi connectivity index (χ3v) is 6.68. The summed E-state index contributed by atoms with van der Waals surface area (Å²) in [6.45, 7) is 11.8. The van der Waals surface area contributed by atoms with E-state index in [4.69, 9.17) is 0 Å². The van der Waals surface area contributed by atoms with Crippen LogP contribution in [0.2, 0.25) is 19.6 Å². The summed E-state index contributed by atoms with van der Waals surface area (Å²) in [6.07, 6.45) is 5.92. The van der Waals surface area contributed by atoms with Gasteiger partial charge in [0.05, 0.1) is 0 Å². The number of nitrogens with one attached hydrogen (secondary N) is 1. The number of hydrogen-bond donors (Lipinski definition) is 1. The molecule has 0 aromatic carbocycles. The van der Waals surface area contributed by atoms with Gasteiger partial charge in [-0.3, -0.25) is 0 Å². The minimum Gasteiger partial charge on any atom is -1.00 e. The quantitative estimate of drug-likeness (QED) is 0.548. The van der Waals surface area contributed by atoms with Crippen LogP contribution in [0.1, 0.15) is 20.3 Å². The first-order valence-electron chi connectivity index (χ1n) is 5.27. The van der Waals surface area contributed by atoms with Crippen molar-refractivity contribution in [3.63, 3.8) is 0 Å². The summed E-state index contributed by atoms with van der Waals surface area (Å²) >= 11 is 0.224. The van der Waals surface area contributed by atoms with Crippen molar-refractivity contribution in [1.82, 2.24) is 4.17 Å². The van der Waals surface area contributed by atoms with Crippen molar-refractivity contribution in [3.05, 3.63) is 21.6 Å². The molecule has 1 N–H and O–H groups in total. The summed E-state index contributed by atoms with van der Waals surface area (Å²) < 4.78 is 5.32. The molecule has 1 nitrogen and oxygen atoms in total. The van der Waals surface area contributed by atoms with Crippen LogP contribution in [0.4, 0.5) is 0 Å². The minimum absolute atomic E-state index is 0. The smallest absolute Gasteiger partial charge is 1.00 e. The van der Waals surface area contributed by atoms with Crippen molar-refractivity contribution in [3.8, 4) is 0 Å². The van der Waals surface area contributed by atoms with Crippen LogP contribution in [-0.4, -0.2) is 14.1 Å². The molecule has 1 aliphatic rings. The largest absolute Gasteiger partial charge is 1.00 e. The third kappa shape index (κ3) is 5.95. The molecule has 16 heavy (non-hydrogen) atoms. The standard InChI is InChI=1S/C8H13Si.C3H8N.2ClH.V/c1-9(2,3)8-6-4-5-7-8;1-3(2)4;;;/h4,6H,5H2,1-3H3;3-4H,1-2H3;2*1H;/q;-1;;;+3/p-2. The molecule has 5 heteroatoms. The molecule has 0 atom stereocenters. The Hall–Kier alpha value is 0.821. The molecule has 0 heterocycles. The van der Waals surface area contributed by atoms with E-state index in [2.05, 4.69) is 49.8 Å². The van der Waals surface area contributed by atoms with Gasteiger partial charge in [-0.1, -0.05) is 0 Å². The molecule has 0 bridgehead atoms. The maximum Gasteiger partial charge on any atom is -1.00 e. The summed E-state index contributed by atoms with van der Waals surface area (Å²) in [4.78, 5) is 0. The average Bonchev–Trinajstić information content (AvgIpc) is 2.46. The van der Waals surface area contributed by atoms with E-state index in [0.29, 0.717) is 6.04 Å². The van der Waals surface area contributed by atoms with Gasteiger partial charge in [0.2, 0.25) is 0 Å². The van der Waals surface area contributed by atoms with Crippen molar-refractivity contribution >= 4 is 8.07 Å². The number of hydrogen-bond acceptors (Lipinski definition) is 1.